The average Bonchev–Trinajstić information content (AvgIpc) is 2.84. The fourth-order valence-corrected chi connectivity index (χ4v) is 3.68. The van der Waals surface area contributed by atoms with Crippen molar-refractivity contribution in [2.75, 3.05) is 24.8 Å². The van der Waals surface area contributed by atoms with Crippen LogP contribution in [0.5, 0.6) is 0 Å². The molecule has 0 aromatic heterocycles. The monoisotopic (exact) mass is 263 g/mol. The molecule has 0 aliphatic carbocycles. The molecule has 2 aliphatic rings. The molecule has 2 heterocycles. The fourth-order valence-electron chi connectivity index (χ4n) is 2.18. The maximum atomic E-state index is 12.0. The first-order chi connectivity index (χ1) is 7.76. The Labute approximate surface area is 106 Å². The van der Waals surface area contributed by atoms with Gasteiger partial charge in [0.2, 0.25) is 5.91 Å². The summed E-state index contributed by atoms with van der Waals surface area (Å²) in [5.41, 5.74) is -0.222. The van der Waals surface area contributed by atoms with Gasteiger partial charge in [0.05, 0.1) is 10.8 Å². The number of hydrogen-bond acceptors (Lipinski definition) is 3. The molecule has 2 saturated heterocycles. The largest absolute Gasteiger partial charge is 0.381 e. The topological polar surface area (TPSA) is 38.3 Å². The molecule has 16 heavy (non-hydrogen) atoms. The molecule has 2 fully saturated rings. The van der Waals surface area contributed by atoms with E-state index < -0.39 is 0 Å². The summed E-state index contributed by atoms with van der Waals surface area (Å²) in [6, 6.07) is 0. The Balaban J connectivity index is 1.91. The van der Waals surface area contributed by atoms with Crippen LogP contribution in [0, 0.1) is 0 Å². The SMILES string of the molecule is O=C(NC1(CCl)CCOCC1)C1CCCS1. The molecule has 5 heteroatoms. The molecular formula is C11H18ClNO2S. The van der Waals surface area contributed by atoms with E-state index in [0.29, 0.717) is 19.1 Å². The predicted molar refractivity (Wildman–Crippen MR) is 67.1 cm³/mol. The van der Waals surface area contributed by atoms with Crippen LogP contribution in [0.4, 0.5) is 0 Å². The standard InChI is InChI=1S/C11H18ClNO2S/c12-8-11(3-5-15-6-4-11)13-10(14)9-2-1-7-16-9/h9H,1-8H2,(H,13,14). The van der Waals surface area contributed by atoms with Crippen molar-refractivity contribution in [2.24, 2.45) is 0 Å². The van der Waals surface area contributed by atoms with Crippen molar-refractivity contribution in [3.05, 3.63) is 0 Å². The Morgan fingerprint density at radius 2 is 2.25 bits per heavy atom. The van der Waals surface area contributed by atoms with Crippen molar-refractivity contribution in [2.45, 2.75) is 36.5 Å². The summed E-state index contributed by atoms with van der Waals surface area (Å²) in [7, 11) is 0. The number of halogens is 1. The molecule has 0 radical (unpaired) electrons. The molecular weight excluding hydrogens is 246 g/mol. The van der Waals surface area contributed by atoms with Gasteiger partial charge in [0, 0.05) is 19.1 Å². The molecule has 0 saturated carbocycles. The van der Waals surface area contributed by atoms with E-state index in [1.165, 1.54) is 0 Å². The van der Waals surface area contributed by atoms with Crippen molar-refractivity contribution < 1.29 is 9.53 Å². The van der Waals surface area contributed by atoms with E-state index in [1.807, 2.05) is 0 Å². The normalized spacial score (nSPS) is 28.9. The summed E-state index contributed by atoms with van der Waals surface area (Å²) in [4.78, 5) is 12.0. The lowest BCUT2D eigenvalue weighted by molar-refractivity contribution is -0.123. The molecule has 2 aliphatic heterocycles. The Hall–Kier alpha value is 0.0700. The van der Waals surface area contributed by atoms with Crippen molar-refractivity contribution in [3.63, 3.8) is 0 Å². The van der Waals surface area contributed by atoms with Gasteiger partial charge in [-0.15, -0.1) is 23.4 Å². The van der Waals surface area contributed by atoms with Gasteiger partial charge in [-0.1, -0.05) is 0 Å². The minimum absolute atomic E-state index is 0.142. The van der Waals surface area contributed by atoms with Crippen molar-refractivity contribution in [3.8, 4) is 0 Å². The predicted octanol–water partition coefficient (Wildman–Crippen LogP) is 1.79. The molecule has 0 bridgehead atoms. The first-order valence-electron chi connectivity index (χ1n) is 5.83. The lowest BCUT2D eigenvalue weighted by atomic mass is 9.92. The molecule has 1 N–H and O–H groups in total. The van der Waals surface area contributed by atoms with Gasteiger partial charge in [-0.2, -0.15) is 0 Å². The van der Waals surface area contributed by atoms with Crippen LogP contribution in [0.25, 0.3) is 0 Å². The molecule has 1 atom stereocenters. The fraction of sp³-hybridized carbons (Fsp3) is 0.909. The van der Waals surface area contributed by atoms with Gasteiger partial charge in [-0.3, -0.25) is 4.79 Å². The average molecular weight is 264 g/mol. The molecule has 1 amide bonds. The Bertz CT molecular complexity index is 250. The summed E-state index contributed by atoms with van der Waals surface area (Å²) >= 11 is 7.77. The molecule has 1 unspecified atom stereocenters. The van der Waals surface area contributed by atoms with Crippen molar-refractivity contribution in [1.82, 2.24) is 5.32 Å². The second kappa shape index (κ2) is 5.61. The Kier molecular flexibility index (Phi) is 4.39. The quantitative estimate of drug-likeness (QED) is 0.789. The molecule has 0 spiro atoms. The number of rotatable bonds is 3. The Morgan fingerprint density at radius 1 is 1.50 bits per heavy atom. The van der Waals surface area contributed by atoms with Gasteiger partial charge < -0.3 is 10.1 Å². The Morgan fingerprint density at radius 3 is 2.81 bits per heavy atom. The molecule has 3 nitrogen and oxygen atoms in total. The lowest BCUT2D eigenvalue weighted by Gasteiger charge is -2.37. The van der Waals surface area contributed by atoms with Crippen molar-refractivity contribution >= 4 is 29.3 Å². The van der Waals surface area contributed by atoms with Crippen LogP contribution in [0.1, 0.15) is 25.7 Å². The van der Waals surface area contributed by atoms with Gasteiger partial charge in [0.15, 0.2) is 0 Å². The second-order valence-electron chi connectivity index (χ2n) is 4.52. The van der Waals surface area contributed by atoms with Crippen LogP contribution in [0.15, 0.2) is 0 Å². The molecule has 2 rings (SSSR count). The second-order valence-corrected chi connectivity index (χ2v) is 6.10. The summed E-state index contributed by atoms with van der Waals surface area (Å²) < 4.78 is 5.32. The number of ether oxygens (including phenoxy) is 1. The van der Waals surface area contributed by atoms with Gasteiger partial charge in [-0.05, 0) is 31.4 Å². The minimum Gasteiger partial charge on any atom is -0.381 e. The minimum atomic E-state index is -0.222. The maximum absolute atomic E-state index is 12.0. The third-order valence-corrected chi connectivity index (χ3v) is 5.20. The third-order valence-electron chi connectivity index (χ3n) is 3.32. The number of hydrogen-bond donors (Lipinski definition) is 1. The van der Waals surface area contributed by atoms with E-state index in [9.17, 15) is 4.79 Å². The summed E-state index contributed by atoms with van der Waals surface area (Å²) in [6.45, 7) is 1.40. The highest BCUT2D eigenvalue weighted by Crippen LogP contribution is 2.28. The number of thioether (sulfide) groups is 1. The van der Waals surface area contributed by atoms with Crippen molar-refractivity contribution in [1.29, 1.82) is 0 Å². The summed E-state index contributed by atoms with van der Waals surface area (Å²) in [6.07, 6.45) is 3.82. The first-order valence-corrected chi connectivity index (χ1v) is 7.41. The van der Waals surface area contributed by atoms with Crippen LogP contribution < -0.4 is 5.32 Å². The molecule has 0 aromatic carbocycles. The number of alkyl halides is 1. The molecule has 0 aromatic rings. The van der Waals surface area contributed by atoms with E-state index in [1.54, 1.807) is 11.8 Å². The van der Waals surface area contributed by atoms with Crippen LogP contribution in [0.3, 0.4) is 0 Å². The van der Waals surface area contributed by atoms with Crippen LogP contribution in [0.2, 0.25) is 0 Å². The third kappa shape index (κ3) is 2.84. The smallest absolute Gasteiger partial charge is 0.233 e. The van der Waals surface area contributed by atoms with E-state index in [2.05, 4.69) is 5.32 Å². The number of nitrogens with one attached hydrogen (secondary N) is 1. The number of carbonyl (C=O) groups excluding carboxylic acids is 1. The number of amides is 1. The highest BCUT2D eigenvalue weighted by Gasteiger charge is 2.35. The summed E-state index contributed by atoms with van der Waals surface area (Å²) in [5, 5.41) is 3.29. The van der Waals surface area contributed by atoms with Gasteiger partial charge in [0.25, 0.3) is 0 Å². The van der Waals surface area contributed by atoms with Crippen LogP contribution in [-0.2, 0) is 9.53 Å². The van der Waals surface area contributed by atoms with Gasteiger partial charge >= 0.3 is 0 Å². The van der Waals surface area contributed by atoms with E-state index >= 15 is 0 Å². The van der Waals surface area contributed by atoms with E-state index in [4.69, 9.17) is 16.3 Å². The first kappa shape index (κ1) is 12.5. The van der Waals surface area contributed by atoms with Crippen LogP contribution >= 0.6 is 23.4 Å². The highest BCUT2D eigenvalue weighted by atomic mass is 35.5. The molecule has 92 valence electrons. The van der Waals surface area contributed by atoms with Crippen LogP contribution in [-0.4, -0.2) is 41.5 Å². The zero-order valence-electron chi connectivity index (χ0n) is 9.34. The van der Waals surface area contributed by atoms with E-state index in [0.717, 1.165) is 31.4 Å². The maximum Gasteiger partial charge on any atom is 0.233 e. The zero-order chi connectivity index (χ0) is 11.4. The van der Waals surface area contributed by atoms with Gasteiger partial charge in [0.1, 0.15) is 0 Å². The summed E-state index contributed by atoms with van der Waals surface area (Å²) in [5.74, 6) is 1.76. The van der Waals surface area contributed by atoms with E-state index in [-0.39, 0.29) is 16.7 Å². The number of carbonyl (C=O) groups is 1. The highest BCUT2D eigenvalue weighted by molar-refractivity contribution is 8.00. The zero-order valence-corrected chi connectivity index (χ0v) is 10.9. The van der Waals surface area contributed by atoms with Gasteiger partial charge in [-0.25, -0.2) is 0 Å². The lowest BCUT2D eigenvalue weighted by Crippen LogP contribution is -2.55.